The fourth-order valence-electron chi connectivity index (χ4n) is 1.19. The number of hydrogen-bond donors (Lipinski definition) is 1. The monoisotopic (exact) mass is 174 g/mol. The minimum atomic E-state index is -0.698. The molecule has 1 unspecified atom stereocenters. The number of hydrogen-bond acceptors (Lipinski definition) is 1. The second-order valence-electron chi connectivity index (χ2n) is 4.60. The Kier molecular flexibility index (Phi) is 3.71. The van der Waals surface area contributed by atoms with Gasteiger partial charge in [0.25, 0.3) is 0 Å². The fraction of sp³-hybridized carbons (Fsp3) is 0.889. The standard InChI is InChI=1S/C9H19NO2/c1-7(2)6-8(9(11)12)10(3,4)5/h7-8H,6H2,1-5H3/p+1. The zero-order valence-corrected chi connectivity index (χ0v) is 8.66. The van der Waals surface area contributed by atoms with Gasteiger partial charge in [-0.1, -0.05) is 13.8 Å². The van der Waals surface area contributed by atoms with Crippen molar-refractivity contribution in [2.75, 3.05) is 21.1 Å². The molecule has 0 bridgehead atoms. The lowest BCUT2D eigenvalue weighted by Gasteiger charge is -2.31. The molecule has 0 heterocycles. The molecule has 3 heteroatoms. The van der Waals surface area contributed by atoms with E-state index in [0.29, 0.717) is 10.4 Å². The van der Waals surface area contributed by atoms with Crippen LogP contribution in [0.1, 0.15) is 20.3 Å². The number of aliphatic carboxylic acids is 1. The number of quaternary nitrogens is 1. The molecular formula is C9H20NO2+. The molecule has 0 amide bonds. The van der Waals surface area contributed by atoms with E-state index >= 15 is 0 Å². The summed E-state index contributed by atoms with van der Waals surface area (Å²) in [4.78, 5) is 10.9. The summed E-state index contributed by atoms with van der Waals surface area (Å²) in [6.45, 7) is 4.09. The van der Waals surface area contributed by atoms with Gasteiger partial charge < -0.3 is 9.59 Å². The minimum Gasteiger partial charge on any atom is -0.477 e. The maximum absolute atomic E-state index is 10.9. The first-order valence-corrected chi connectivity index (χ1v) is 4.29. The Bertz CT molecular complexity index is 158. The topological polar surface area (TPSA) is 37.3 Å². The maximum atomic E-state index is 10.9. The third kappa shape index (κ3) is 3.72. The van der Waals surface area contributed by atoms with Crippen LogP contribution in [0.5, 0.6) is 0 Å². The number of carbonyl (C=O) groups is 1. The van der Waals surface area contributed by atoms with E-state index in [0.717, 1.165) is 6.42 Å². The Morgan fingerprint density at radius 3 is 1.83 bits per heavy atom. The first-order valence-electron chi connectivity index (χ1n) is 4.29. The second kappa shape index (κ2) is 3.90. The molecule has 0 aliphatic rings. The molecule has 0 aromatic heterocycles. The third-order valence-electron chi connectivity index (χ3n) is 1.91. The van der Waals surface area contributed by atoms with Gasteiger partial charge in [0, 0.05) is 6.42 Å². The molecule has 72 valence electrons. The lowest BCUT2D eigenvalue weighted by atomic mass is 10.0. The van der Waals surface area contributed by atoms with Gasteiger partial charge in [0.2, 0.25) is 0 Å². The molecule has 0 spiro atoms. The smallest absolute Gasteiger partial charge is 0.362 e. The third-order valence-corrected chi connectivity index (χ3v) is 1.91. The number of nitrogens with zero attached hydrogens (tertiary/aromatic N) is 1. The Hall–Kier alpha value is -0.570. The van der Waals surface area contributed by atoms with Crippen LogP contribution in [0.15, 0.2) is 0 Å². The SMILES string of the molecule is CC(C)CC(C(=O)O)[N+](C)(C)C. The van der Waals surface area contributed by atoms with Crippen molar-refractivity contribution in [3.63, 3.8) is 0 Å². The van der Waals surface area contributed by atoms with Gasteiger partial charge >= 0.3 is 5.97 Å². The summed E-state index contributed by atoms with van der Waals surface area (Å²) < 4.78 is 0.494. The van der Waals surface area contributed by atoms with Crippen molar-refractivity contribution in [2.24, 2.45) is 5.92 Å². The van der Waals surface area contributed by atoms with Crippen LogP contribution >= 0.6 is 0 Å². The Morgan fingerprint density at radius 1 is 1.33 bits per heavy atom. The molecule has 3 nitrogen and oxygen atoms in total. The van der Waals surface area contributed by atoms with Crippen molar-refractivity contribution in [2.45, 2.75) is 26.3 Å². The lowest BCUT2D eigenvalue weighted by molar-refractivity contribution is -0.888. The normalized spacial score (nSPS) is 14.8. The summed E-state index contributed by atoms with van der Waals surface area (Å²) in [5, 5.41) is 8.94. The van der Waals surface area contributed by atoms with Crippen LogP contribution in [-0.2, 0) is 4.79 Å². The van der Waals surface area contributed by atoms with E-state index in [2.05, 4.69) is 0 Å². The Labute approximate surface area is 74.6 Å². The average Bonchev–Trinajstić information content (AvgIpc) is 1.79. The van der Waals surface area contributed by atoms with Crippen LogP contribution in [0, 0.1) is 5.92 Å². The highest BCUT2D eigenvalue weighted by atomic mass is 16.4. The summed E-state index contributed by atoms with van der Waals surface area (Å²) in [6, 6.07) is -0.287. The zero-order valence-electron chi connectivity index (χ0n) is 8.66. The molecule has 0 aliphatic heterocycles. The molecule has 1 atom stereocenters. The molecular weight excluding hydrogens is 154 g/mol. The van der Waals surface area contributed by atoms with E-state index in [1.807, 2.05) is 35.0 Å². The molecule has 0 aromatic carbocycles. The highest BCUT2D eigenvalue weighted by Gasteiger charge is 2.31. The first-order chi connectivity index (χ1) is 5.25. The van der Waals surface area contributed by atoms with Gasteiger partial charge in [-0.3, -0.25) is 0 Å². The molecule has 0 aromatic rings. The van der Waals surface area contributed by atoms with Crippen LogP contribution in [0.4, 0.5) is 0 Å². The predicted octanol–water partition coefficient (Wildman–Crippen LogP) is 1.19. The van der Waals surface area contributed by atoms with E-state index in [4.69, 9.17) is 5.11 Å². The van der Waals surface area contributed by atoms with Crippen molar-refractivity contribution < 1.29 is 14.4 Å². The van der Waals surface area contributed by atoms with Gasteiger partial charge in [-0.15, -0.1) is 0 Å². The summed E-state index contributed by atoms with van der Waals surface area (Å²) in [5.74, 6) is -0.264. The van der Waals surface area contributed by atoms with E-state index in [9.17, 15) is 4.79 Å². The van der Waals surface area contributed by atoms with Gasteiger partial charge in [-0.2, -0.15) is 0 Å². The van der Waals surface area contributed by atoms with Gasteiger partial charge in [0.1, 0.15) is 0 Å². The molecule has 0 saturated carbocycles. The lowest BCUT2D eigenvalue weighted by Crippen LogP contribution is -2.50. The maximum Gasteiger partial charge on any atom is 0.362 e. The Balaban J connectivity index is 4.35. The number of likely N-dealkylation sites (N-methyl/N-ethyl adjacent to an activating group) is 1. The van der Waals surface area contributed by atoms with Gasteiger partial charge in [-0.05, 0) is 5.92 Å². The quantitative estimate of drug-likeness (QED) is 0.650. The predicted molar refractivity (Wildman–Crippen MR) is 48.9 cm³/mol. The largest absolute Gasteiger partial charge is 0.477 e. The fourth-order valence-corrected chi connectivity index (χ4v) is 1.19. The van der Waals surface area contributed by atoms with E-state index in [1.165, 1.54) is 0 Å². The first kappa shape index (κ1) is 11.4. The molecule has 0 rings (SSSR count). The number of carboxylic acid groups (broad SMARTS) is 1. The average molecular weight is 174 g/mol. The number of rotatable bonds is 4. The van der Waals surface area contributed by atoms with E-state index in [-0.39, 0.29) is 6.04 Å². The van der Waals surface area contributed by atoms with E-state index in [1.54, 1.807) is 0 Å². The summed E-state index contributed by atoms with van der Waals surface area (Å²) in [6.07, 6.45) is 0.735. The molecule has 0 saturated heterocycles. The summed E-state index contributed by atoms with van der Waals surface area (Å²) >= 11 is 0. The van der Waals surface area contributed by atoms with Crippen LogP contribution < -0.4 is 0 Å². The van der Waals surface area contributed by atoms with Crippen LogP contribution in [-0.4, -0.2) is 42.7 Å². The van der Waals surface area contributed by atoms with Gasteiger partial charge in [0.05, 0.1) is 21.1 Å². The van der Waals surface area contributed by atoms with Gasteiger partial charge in [0.15, 0.2) is 6.04 Å². The van der Waals surface area contributed by atoms with Gasteiger partial charge in [-0.25, -0.2) is 4.79 Å². The minimum absolute atomic E-state index is 0.287. The highest BCUT2D eigenvalue weighted by molar-refractivity contribution is 5.72. The second-order valence-corrected chi connectivity index (χ2v) is 4.60. The molecule has 0 radical (unpaired) electrons. The van der Waals surface area contributed by atoms with Crippen molar-refractivity contribution in [3.05, 3.63) is 0 Å². The van der Waals surface area contributed by atoms with Crippen molar-refractivity contribution >= 4 is 5.97 Å². The van der Waals surface area contributed by atoms with Crippen molar-refractivity contribution in [1.29, 1.82) is 0 Å². The zero-order chi connectivity index (χ0) is 9.94. The summed E-state index contributed by atoms with van der Waals surface area (Å²) in [5.41, 5.74) is 0. The summed E-state index contributed by atoms with van der Waals surface area (Å²) in [7, 11) is 5.75. The van der Waals surface area contributed by atoms with Crippen LogP contribution in [0.2, 0.25) is 0 Å². The molecule has 0 fully saturated rings. The van der Waals surface area contributed by atoms with Crippen molar-refractivity contribution in [1.82, 2.24) is 0 Å². The van der Waals surface area contributed by atoms with Crippen LogP contribution in [0.25, 0.3) is 0 Å². The van der Waals surface area contributed by atoms with E-state index < -0.39 is 5.97 Å². The molecule has 12 heavy (non-hydrogen) atoms. The van der Waals surface area contributed by atoms with Crippen molar-refractivity contribution in [3.8, 4) is 0 Å². The molecule has 1 N–H and O–H groups in total. The van der Waals surface area contributed by atoms with Crippen LogP contribution in [0.3, 0.4) is 0 Å². The molecule has 0 aliphatic carbocycles. The highest BCUT2D eigenvalue weighted by Crippen LogP contribution is 2.13. The Morgan fingerprint density at radius 2 is 1.75 bits per heavy atom. The number of carboxylic acids is 1.